The van der Waals surface area contributed by atoms with Crippen LogP contribution in [0.5, 0.6) is 0 Å². The van der Waals surface area contributed by atoms with Crippen molar-refractivity contribution in [1.82, 2.24) is 19.9 Å². The lowest BCUT2D eigenvalue weighted by atomic mass is 10.1. The zero-order chi connectivity index (χ0) is 21.4. The summed E-state index contributed by atoms with van der Waals surface area (Å²) in [6.45, 7) is 2.65. The lowest BCUT2D eigenvalue weighted by Gasteiger charge is -2.24. The topological polar surface area (TPSA) is 52.0 Å². The number of morpholine rings is 1. The van der Waals surface area contributed by atoms with Crippen molar-refractivity contribution < 1.29 is 17.9 Å². The molecule has 1 unspecified atom stereocenters. The highest BCUT2D eigenvalue weighted by Gasteiger charge is 2.37. The van der Waals surface area contributed by atoms with E-state index in [0.717, 1.165) is 18.7 Å². The molecule has 2 aromatic heterocycles. The van der Waals surface area contributed by atoms with E-state index < -0.39 is 11.9 Å². The van der Waals surface area contributed by atoms with Crippen LogP contribution >= 0.6 is 0 Å². The van der Waals surface area contributed by atoms with Crippen LogP contribution in [-0.4, -0.2) is 40.3 Å². The molecule has 5 rings (SSSR count). The molecule has 1 aliphatic heterocycles. The molecule has 3 heterocycles. The molecule has 4 aromatic rings. The fourth-order valence-corrected chi connectivity index (χ4v) is 4.14. The second kappa shape index (κ2) is 7.94. The van der Waals surface area contributed by atoms with Gasteiger partial charge in [-0.05, 0) is 12.5 Å². The summed E-state index contributed by atoms with van der Waals surface area (Å²) < 4.78 is 49.5. The highest BCUT2D eigenvalue weighted by molar-refractivity contribution is 6.04. The molecule has 31 heavy (non-hydrogen) atoms. The number of pyridine rings is 1. The third-order valence-corrected chi connectivity index (χ3v) is 5.56. The molecule has 1 fully saturated rings. The number of aromatic nitrogens is 3. The molecule has 0 spiro atoms. The fourth-order valence-electron chi connectivity index (χ4n) is 4.14. The van der Waals surface area contributed by atoms with Crippen molar-refractivity contribution in [3.8, 4) is 11.4 Å². The number of para-hydroxylation sites is 1. The summed E-state index contributed by atoms with van der Waals surface area (Å²) in [6, 6.07) is 16.2. The average Bonchev–Trinajstić information content (AvgIpc) is 3.17. The minimum Gasteiger partial charge on any atom is -0.376 e. The number of alkyl halides is 3. The molecule has 0 amide bonds. The molecule has 1 saturated heterocycles. The summed E-state index contributed by atoms with van der Waals surface area (Å²) >= 11 is 0. The van der Waals surface area contributed by atoms with E-state index in [-0.39, 0.29) is 11.6 Å². The van der Waals surface area contributed by atoms with Gasteiger partial charge >= 0.3 is 6.18 Å². The first-order valence-corrected chi connectivity index (χ1v) is 10.3. The SMILES string of the molecule is FC(F)(F)c1nc2ccccc2c2c1nc(-c1ccccc1)n2CCC1CNCCO1. The molecule has 0 radical (unpaired) electrons. The number of rotatable bonds is 4. The van der Waals surface area contributed by atoms with E-state index in [1.54, 1.807) is 18.2 Å². The zero-order valence-electron chi connectivity index (χ0n) is 16.7. The maximum atomic E-state index is 13.9. The minimum absolute atomic E-state index is 0.00464. The monoisotopic (exact) mass is 426 g/mol. The molecular weight excluding hydrogens is 405 g/mol. The maximum absolute atomic E-state index is 13.9. The first-order chi connectivity index (χ1) is 15.0. The van der Waals surface area contributed by atoms with Gasteiger partial charge in [0.1, 0.15) is 11.3 Å². The van der Waals surface area contributed by atoms with E-state index in [1.165, 1.54) is 0 Å². The van der Waals surface area contributed by atoms with E-state index in [1.807, 2.05) is 41.0 Å². The van der Waals surface area contributed by atoms with Gasteiger partial charge in [-0.25, -0.2) is 9.97 Å². The molecule has 8 heteroatoms. The van der Waals surface area contributed by atoms with E-state index in [0.29, 0.717) is 41.8 Å². The van der Waals surface area contributed by atoms with Crippen molar-refractivity contribution in [3.05, 3.63) is 60.3 Å². The van der Waals surface area contributed by atoms with E-state index >= 15 is 0 Å². The first kappa shape index (κ1) is 20.0. The Balaban J connectivity index is 1.75. The largest absolute Gasteiger partial charge is 0.435 e. The van der Waals surface area contributed by atoms with Gasteiger partial charge < -0.3 is 14.6 Å². The molecule has 0 saturated carbocycles. The van der Waals surface area contributed by atoms with Crippen molar-refractivity contribution in [1.29, 1.82) is 0 Å². The number of hydrogen-bond donors (Lipinski definition) is 1. The second-order valence-electron chi connectivity index (χ2n) is 7.61. The van der Waals surface area contributed by atoms with Crippen LogP contribution in [0, 0.1) is 0 Å². The van der Waals surface area contributed by atoms with Crippen LogP contribution in [0.1, 0.15) is 12.1 Å². The number of nitrogens with zero attached hydrogens (tertiary/aromatic N) is 3. The lowest BCUT2D eigenvalue weighted by Crippen LogP contribution is -2.38. The molecule has 1 atom stereocenters. The van der Waals surface area contributed by atoms with Gasteiger partial charge in [0.25, 0.3) is 0 Å². The highest BCUT2D eigenvalue weighted by atomic mass is 19.4. The Bertz CT molecular complexity index is 1210. The molecule has 5 nitrogen and oxygen atoms in total. The zero-order valence-corrected chi connectivity index (χ0v) is 16.7. The van der Waals surface area contributed by atoms with E-state index in [2.05, 4.69) is 15.3 Å². The van der Waals surface area contributed by atoms with Gasteiger partial charge in [0.15, 0.2) is 5.69 Å². The van der Waals surface area contributed by atoms with Crippen LogP contribution < -0.4 is 5.32 Å². The summed E-state index contributed by atoms with van der Waals surface area (Å²) in [6.07, 6.45) is -3.94. The van der Waals surface area contributed by atoms with E-state index in [9.17, 15) is 13.2 Å². The Labute approximate surface area is 176 Å². The number of benzene rings is 2. The smallest absolute Gasteiger partial charge is 0.376 e. The number of imidazole rings is 1. The van der Waals surface area contributed by atoms with Crippen LogP contribution in [-0.2, 0) is 17.5 Å². The Kier molecular flexibility index (Phi) is 5.11. The Morgan fingerprint density at radius 3 is 2.55 bits per heavy atom. The predicted molar refractivity (Wildman–Crippen MR) is 113 cm³/mol. The summed E-state index contributed by atoms with van der Waals surface area (Å²) in [5, 5.41) is 3.95. The quantitative estimate of drug-likeness (QED) is 0.516. The number of nitrogens with one attached hydrogen (secondary N) is 1. The molecule has 160 valence electrons. The Morgan fingerprint density at radius 1 is 1.03 bits per heavy atom. The fraction of sp³-hybridized carbons (Fsp3) is 0.304. The van der Waals surface area contributed by atoms with Crippen molar-refractivity contribution in [2.45, 2.75) is 25.2 Å². The van der Waals surface area contributed by atoms with Gasteiger partial charge in [-0.2, -0.15) is 13.2 Å². The number of fused-ring (bicyclic) bond motifs is 3. The lowest BCUT2D eigenvalue weighted by molar-refractivity contribution is -0.139. The van der Waals surface area contributed by atoms with Crippen molar-refractivity contribution in [2.24, 2.45) is 0 Å². The molecule has 1 aliphatic rings. The summed E-state index contributed by atoms with van der Waals surface area (Å²) in [5.74, 6) is 0.503. The third kappa shape index (κ3) is 3.77. The molecule has 0 aliphatic carbocycles. The Hall–Kier alpha value is -2.97. The van der Waals surface area contributed by atoms with Gasteiger partial charge in [0.2, 0.25) is 0 Å². The second-order valence-corrected chi connectivity index (χ2v) is 7.61. The number of ether oxygens (including phenoxy) is 1. The van der Waals surface area contributed by atoms with Crippen molar-refractivity contribution in [2.75, 3.05) is 19.7 Å². The molecule has 0 bridgehead atoms. The van der Waals surface area contributed by atoms with E-state index in [4.69, 9.17) is 4.74 Å². The summed E-state index contributed by atoms with van der Waals surface area (Å²) in [4.78, 5) is 8.42. The summed E-state index contributed by atoms with van der Waals surface area (Å²) in [5.41, 5.74) is 0.457. The van der Waals surface area contributed by atoms with Gasteiger partial charge in [-0.3, -0.25) is 0 Å². The standard InChI is InChI=1S/C23H21F3N4O/c24-23(25,26)21-19-20(17-8-4-5-9-18(17)28-21)30(12-10-16-14-27-11-13-31-16)22(29-19)15-6-2-1-3-7-15/h1-9,16,27H,10-14H2. The molecule has 1 N–H and O–H groups in total. The normalized spacial score (nSPS) is 17.5. The number of hydrogen-bond acceptors (Lipinski definition) is 4. The minimum atomic E-state index is -4.61. The van der Waals surface area contributed by atoms with Crippen molar-refractivity contribution >= 4 is 21.9 Å². The molecule has 2 aromatic carbocycles. The summed E-state index contributed by atoms with van der Waals surface area (Å²) in [7, 11) is 0. The van der Waals surface area contributed by atoms with Crippen molar-refractivity contribution in [3.63, 3.8) is 0 Å². The first-order valence-electron chi connectivity index (χ1n) is 10.3. The predicted octanol–water partition coefficient (Wildman–Crippen LogP) is 4.65. The van der Waals surface area contributed by atoms with Gasteiger partial charge in [0.05, 0.1) is 23.7 Å². The Morgan fingerprint density at radius 2 is 1.81 bits per heavy atom. The van der Waals surface area contributed by atoms with Gasteiger partial charge in [0, 0.05) is 30.6 Å². The number of aryl methyl sites for hydroxylation is 1. The van der Waals surface area contributed by atoms with Crippen LogP contribution in [0.15, 0.2) is 54.6 Å². The van der Waals surface area contributed by atoms with Gasteiger partial charge in [-0.15, -0.1) is 0 Å². The van der Waals surface area contributed by atoms with Gasteiger partial charge in [-0.1, -0.05) is 48.5 Å². The van der Waals surface area contributed by atoms with Crippen LogP contribution in [0.4, 0.5) is 13.2 Å². The van der Waals surface area contributed by atoms with Crippen LogP contribution in [0.3, 0.4) is 0 Å². The third-order valence-electron chi connectivity index (χ3n) is 5.56. The maximum Gasteiger partial charge on any atom is 0.435 e. The average molecular weight is 426 g/mol. The molecular formula is C23H21F3N4O. The van der Waals surface area contributed by atoms with Crippen LogP contribution in [0.2, 0.25) is 0 Å². The number of halogens is 3. The highest BCUT2D eigenvalue weighted by Crippen LogP contribution is 2.38. The van der Waals surface area contributed by atoms with Crippen LogP contribution in [0.25, 0.3) is 33.3 Å².